The molecular weight excluding hydrogens is 391 g/mol. The highest BCUT2D eigenvalue weighted by Crippen LogP contribution is 2.38. The molecule has 5 nitrogen and oxygen atoms in total. The summed E-state index contributed by atoms with van der Waals surface area (Å²) in [7, 11) is 2.21. The van der Waals surface area contributed by atoms with Gasteiger partial charge in [-0.2, -0.15) is 0 Å². The van der Waals surface area contributed by atoms with Gasteiger partial charge in [0, 0.05) is 45.9 Å². The zero-order valence-corrected chi connectivity index (χ0v) is 18.8. The Morgan fingerprint density at radius 2 is 1.65 bits per heavy atom. The van der Waals surface area contributed by atoms with Crippen LogP contribution in [-0.4, -0.2) is 35.0 Å². The maximum absolute atomic E-state index is 13.6. The Kier molecular flexibility index (Phi) is 5.30. The summed E-state index contributed by atoms with van der Waals surface area (Å²) in [4.78, 5) is 14.7. The number of anilines is 3. The molecule has 0 radical (unpaired) electrons. The second-order valence-electron chi connectivity index (χ2n) is 9.86. The van der Waals surface area contributed by atoms with Crippen LogP contribution in [0.1, 0.15) is 46.1 Å². The molecule has 1 saturated heterocycles. The van der Waals surface area contributed by atoms with Crippen LogP contribution in [0.2, 0.25) is 0 Å². The fourth-order valence-corrected chi connectivity index (χ4v) is 4.83. The van der Waals surface area contributed by atoms with Gasteiger partial charge in [0.25, 0.3) is 5.91 Å². The van der Waals surface area contributed by atoms with E-state index < -0.39 is 0 Å². The zero-order chi connectivity index (χ0) is 22.4. The standard InChI is InChI=1S/C25H31FN4O/c1-24(2)13-19(14-25(3,4)30(24)5)28-18-9-7-17(8-10-18)27-15-21-20-12-16(26)6-11-22(20)29-23(21)31/h6-12,15,19,27-28H,13-14H2,1-5H3,(H,29,31). The smallest absolute Gasteiger partial charge is 0.257 e. The van der Waals surface area contributed by atoms with Gasteiger partial charge in [-0.25, -0.2) is 4.39 Å². The highest BCUT2D eigenvalue weighted by atomic mass is 19.1. The van der Waals surface area contributed by atoms with Gasteiger partial charge < -0.3 is 16.0 Å². The SMILES string of the molecule is CN1C(C)(C)CC(Nc2ccc(NC=C3C(=O)Nc4ccc(F)cc43)cc2)CC1(C)C. The van der Waals surface area contributed by atoms with Gasteiger partial charge in [0.1, 0.15) is 5.82 Å². The van der Waals surface area contributed by atoms with Gasteiger partial charge in [0.15, 0.2) is 0 Å². The van der Waals surface area contributed by atoms with Crippen LogP contribution in [0, 0.1) is 5.82 Å². The van der Waals surface area contributed by atoms with Gasteiger partial charge in [-0.15, -0.1) is 0 Å². The number of fused-ring (bicyclic) bond motifs is 1. The molecule has 2 heterocycles. The van der Waals surface area contributed by atoms with Crippen LogP contribution in [0.25, 0.3) is 5.57 Å². The molecule has 0 aliphatic carbocycles. The van der Waals surface area contributed by atoms with Crippen molar-refractivity contribution in [3.8, 4) is 0 Å². The van der Waals surface area contributed by atoms with E-state index in [-0.39, 0.29) is 22.8 Å². The van der Waals surface area contributed by atoms with E-state index in [4.69, 9.17) is 0 Å². The molecule has 31 heavy (non-hydrogen) atoms. The third-order valence-electron chi connectivity index (χ3n) is 6.71. The number of halogens is 1. The van der Waals surface area contributed by atoms with Crippen molar-refractivity contribution in [3.63, 3.8) is 0 Å². The topological polar surface area (TPSA) is 56.4 Å². The molecular formula is C25H31FN4O. The molecule has 0 aromatic heterocycles. The van der Waals surface area contributed by atoms with E-state index >= 15 is 0 Å². The van der Waals surface area contributed by atoms with Crippen molar-refractivity contribution >= 4 is 28.5 Å². The van der Waals surface area contributed by atoms with Crippen LogP contribution < -0.4 is 16.0 Å². The molecule has 2 aliphatic rings. The third-order valence-corrected chi connectivity index (χ3v) is 6.71. The Balaban J connectivity index is 1.43. The molecule has 0 bridgehead atoms. The first-order valence-electron chi connectivity index (χ1n) is 10.7. The van der Waals surface area contributed by atoms with Gasteiger partial charge in [0.2, 0.25) is 0 Å². The summed E-state index contributed by atoms with van der Waals surface area (Å²) in [6, 6.07) is 12.7. The van der Waals surface area contributed by atoms with Crippen molar-refractivity contribution in [3.05, 3.63) is 60.0 Å². The lowest BCUT2D eigenvalue weighted by Crippen LogP contribution is -2.61. The Morgan fingerprint density at radius 3 is 2.29 bits per heavy atom. The molecule has 164 valence electrons. The number of nitrogens with zero attached hydrogens (tertiary/aromatic N) is 1. The van der Waals surface area contributed by atoms with Crippen molar-refractivity contribution in [2.45, 2.75) is 57.7 Å². The van der Waals surface area contributed by atoms with Gasteiger partial charge in [0.05, 0.1) is 5.57 Å². The summed E-state index contributed by atoms with van der Waals surface area (Å²) in [5.74, 6) is -0.601. The number of piperidine rings is 1. The molecule has 4 rings (SSSR count). The normalized spacial score (nSPS) is 21.6. The number of amides is 1. The average Bonchev–Trinajstić information content (AvgIpc) is 2.99. The number of carbonyl (C=O) groups excluding carboxylic acids is 1. The Labute approximate surface area is 183 Å². The number of hydrogen-bond donors (Lipinski definition) is 3. The van der Waals surface area contributed by atoms with E-state index in [1.165, 1.54) is 12.1 Å². The van der Waals surface area contributed by atoms with Gasteiger partial charge in [-0.05, 0) is 90.0 Å². The third kappa shape index (κ3) is 4.30. The number of hydrogen-bond acceptors (Lipinski definition) is 4. The average molecular weight is 423 g/mol. The number of benzene rings is 2. The predicted molar refractivity (Wildman–Crippen MR) is 126 cm³/mol. The molecule has 0 unspecified atom stereocenters. The Morgan fingerprint density at radius 1 is 1.03 bits per heavy atom. The van der Waals surface area contributed by atoms with Crippen LogP contribution in [0.3, 0.4) is 0 Å². The molecule has 1 fully saturated rings. The highest BCUT2D eigenvalue weighted by molar-refractivity contribution is 6.31. The van der Waals surface area contributed by atoms with E-state index in [0.29, 0.717) is 22.9 Å². The number of nitrogens with one attached hydrogen (secondary N) is 3. The minimum atomic E-state index is -0.364. The summed E-state index contributed by atoms with van der Waals surface area (Å²) in [5.41, 5.74) is 3.82. The maximum Gasteiger partial charge on any atom is 0.257 e. The fourth-order valence-electron chi connectivity index (χ4n) is 4.83. The number of rotatable bonds is 4. The summed E-state index contributed by atoms with van der Waals surface area (Å²) < 4.78 is 13.6. The van der Waals surface area contributed by atoms with Crippen molar-refractivity contribution in [2.75, 3.05) is 23.0 Å². The zero-order valence-electron chi connectivity index (χ0n) is 18.8. The largest absolute Gasteiger partial charge is 0.382 e. The summed E-state index contributed by atoms with van der Waals surface area (Å²) in [6.07, 6.45) is 3.78. The molecule has 0 spiro atoms. The predicted octanol–water partition coefficient (Wildman–Crippen LogP) is 5.29. The molecule has 0 saturated carbocycles. The van der Waals surface area contributed by atoms with E-state index in [2.05, 4.69) is 55.6 Å². The van der Waals surface area contributed by atoms with Crippen LogP contribution in [-0.2, 0) is 4.79 Å². The highest BCUT2D eigenvalue weighted by Gasteiger charge is 2.42. The summed E-state index contributed by atoms with van der Waals surface area (Å²) >= 11 is 0. The molecule has 6 heteroatoms. The van der Waals surface area contributed by atoms with Crippen molar-refractivity contribution in [1.29, 1.82) is 0 Å². The second-order valence-corrected chi connectivity index (χ2v) is 9.86. The van der Waals surface area contributed by atoms with Gasteiger partial charge in [-0.1, -0.05) is 0 Å². The first-order chi connectivity index (χ1) is 14.5. The first kappa shape index (κ1) is 21.4. The quantitative estimate of drug-likeness (QED) is 0.586. The number of carbonyl (C=O) groups is 1. The lowest BCUT2D eigenvalue weighted by atomic mass is 9.77. The molecule has 2 aliphatic heterocycles. The minimum absolute atomic E-state index is 0.130. The lowest BCUT2D eigenvalue weighted by molar-refractivity contribution is -0.110. The van der Waals surface area contributed by atoms with Gasteiger partial charge in [-0.3, -0.25) is 9.69 Å². The first-order valence-corrected chi connectivity index (χ1v) is 10.7. The lowest BCUT2D eigenvalue weighted by Gasteiger charge is -2.53. The van der Waals surface area contributed by atoms with Crippen LogP contribution in [0.15, 0.2) is 48.7 Å². The Bertz CT molecular complexity index is 1010. The summed E-state index contributed by atoms with van der Waals surface area (Å²) in [5, 5.41) is 9.60. The minimum Gasteiger partial charge on any atom is -0.382 e. The van der Waals surface area contributed by atoms with Crippen molar-refractivity contribution in [2.24, 2.45) is 0 Å². The van der Waals surface area contributed by atoms with Crippen molar-refractivity contribution < 1.29 is 9.18 Å². The second kappa shape index (κ2) is 7.68. The maximum atomic E-state index is 13.6. The van der Waals surface area contributed by atoms with E-state index in [0.717, 1.165) is 24.2 Å². The molecule has 2 aromatic rings. The van der Waals surface area contributed by atoms with Crippen LogP contribution >= 0.6 is 0 Å². The summed E-state index contributed by atoms with van der Waals surface area (Å²) in [6.45, 7) is 9.19. The molecule has 3 N–H and O–H groups in total. The van der Waals surface area contributed by atoms with E-state index in [1.54, 1.807) is 12.3 Å². The molecule has 0 atom stereocenters. The molecule has 1 amide bonds. The van der Waals surface area contributed by atoms with E-state index in [9.17, 15) is 9.18 Å². The van der Waals surface area contributed by atoms with Gasteiger partial charge >= 0.3 is 0 Å². The monoisotopic (exact) mass is 422 g/mol. The Hall–Kier alpha value is -2.86. The van der Waals surface area contributed by atoms with Crippen LogP contribution in [0.4, 0.5) is 21.5 Å². The molecule has 2 aromatic carbocycles. The van der Waals surface area contributed by atoms with E-state index in [1.807, 2.05) is 24.3 Å². The number of likely N-dealkylation sites (tertiary alicyclic amines) is 1. The fraction of sp³-hybridized carbons (Fsp3) is 0.400. The van der Waals surface area contributed by atoms with Crippen molar-refractivity contribution in [1.82, 2.24) is 4.90 Å². The van der Waals surface area contributed by atoms with Crippen LogP contribution in [0.5, 0.6) is 0 Å².